The van der Waals surface area contributed by atoms with E-state index in [4.69, 9.17) is 11.6 Å². The van der Waals surface area contributed by atoms with Gasteiger partial charge in [0, 0.05) is 18.5 Å². The van der Waals surface area contributed by atoms with Gasteiger partial charge in [0.05, 0.1) is 5.39 Å². The summed E-state index contributed by atoms with van der Waals surface area (Å²) < 4.78 is 0. The van der Waals surface area contributed by atoms with Crippen LogP contribution < -0.4 is 4.90 Å². The maximum atomic E-state index is 6.04. The van der Waals surface area contributed by atoms with Crippen molar-refractivity contribution >= 4 is 39.0 Å². The Bertz CT molecular complexity index is 553. The van der Waals surface area contributed by atoms with Crippen LogP contribution in [0.2, 0.25) is 5.28 Å². The van der Waals surface area contributed by atoms with Gasteiger partial charge in [-0.25, -0.2) is 4.98 Å². The van der Waals surface area contributed by atoms with Crippen LogP contribution in [0.3, 0.4) is 0 Å². The molecule has 2 heterocycles. The van der Waals surface area contributed by atoms with Crippen LogP contribution in [0.15, 0.2) is 6.07 Å². The lowest BCUT2D eigenvalue weighted by Gasteiger charge is -2.18. The molecule has 0 aromatic carbocycles. The van der Waals surface area contributed by atoms with Crippen molar-refractivity contribution in [2.24, 2.45) is 0 Å². The minimum atomic E-state index is 0.342. The molecule has 0 bridgehead atoms. The SMILES string of the molecule is CCCCCN(C)c1nc(Cl)nc2sc(CC)cc12. The number of aryl methyl sites for hydroxylation is 1. The normalized spacial score (nSPS) is 11.2. The second kappa shape index (κ2) is 6.53. The molecule has 0 aliphatic heterocycles. The standard InChI is InChI=1S/C14H20ClN3S/c1-4-6-7-8-18(3)12-11-9-10(5-2)19-13(11)17-14(15)16-12/h9H,4-8H2,1-3H3. The van der Waals surface area contributed by atoms with E-state index < -0.39 is 0 Å². The van der Waals surface area contributed by atoms with Crippen LogP contribution in [0.25, 0.3) is 10.2 Å². The second-order valence-corrected chi connectivity index (χ2v) is 6.18. The summed E-state index contributed by atoms with van der Waals surface area (Å²) in [5.41, 5.74) is 0. The maximum Gasteiger partial charge on any atom is 0.225 e. The highest BCUT2D eigenvalue weighted by atomic mass is 35.5. The predicted molar refractivity (Wildman–Crippen MR) is 84.6 cm³/mol. The highest BCUT2D eigenvalue weighted by Crippen LogP contribution is 2.31. The molecule has 2 rings (SSSR count). The summed E-state index contributed by atoms with van der Waals surface area (Å²) in [7, 11) is 2.08. The van der Waals surface area contributed by atoms with Crippen LogP contribution in [0, 0.1) is 0 Å². The molecular weight excluding hydrogens is 278 g/mol. The first kappa shape index (κ1) is 14.5. The first-order valence-corrected chi connectivity index (χ1v) is 8.02. The summed E-state index contributed by atoms with van der Waals surface area (Å²) >= 11 is 7.75. The molecule has 0 radical (unpaired) electrons. The smallest absolute Gasteiger partial charge is 0.225 e. The van der Waals surface area contributed by atoms with Gasteiger partial charge in [0.15, 0.2) is 0 Å². The fraction of sp³-hybridized carbons (Fsp3) is 0.571. The number of fused-ring (bicyclic) bond motifs is 1. The van der Waals surface area contributed by atoms with Gasteiger partial charge in [-0.1, -0.05) is 26.7 Å². The van der Waals surface area contributed by atoms with Gasteiger partial charge in [-0.3, -0.25) is 0 Å². The Kier molecular flexibility index (Phi) is 4.99. The van der Waals surface area contributed by atoms with E-state index in [-0.39, 0.29) is 0 Å². The molecule has 19 heavy (non-hydrogen) atoms. The van der Waals surface area contributed by atoms with Crippen molar-refractivity contribution in [2.75, 3.05) is 18.5 Å². The molecule has 2 aromatic rings. The lowest BCUT2D eigenvalue weighted by Crippen LogP contribution is -2.20. The Hall–Kier alpha value is -0.870. The Balaban J connectivity index is 2.32. The van der Waals surface area contributed by atoms with E-state index in [1.165, 1.54) is 24.1 Å². The van der Waals surface area contributed by atoms with Crippen LogP contribution in [0.4, 0.5) is 5.82 Å². The van der Waals surface area contributed by atoms with Crippen molar-refractivity contribution in [1.82, 2.24) is 9.97 Å². The fourth-order valence-electron chi connectivity index (χ4n) is 2.10. The van der Waals surface area contributed by atoms with Crippen molar-refractivity contribution in [3.63, 3.8) is 0 Å². The number of halogens is 1. The average molecular weight is 298 g/mol. The van der Waals surface area contributed by atoms with E-state index >= 15 is 0 Å². The molecule has 0 N–H and O–H groups in total. The topological polar surface area (TPSA) is 29.0 Å². The van der Waals surface area contributed by atoms with Crippen LogP contribution in [0.1, 0.15) is 38.0 Å². The minimum Gasteiger partial charge on any atom is -0.359 e. The minimum absolute atomic E-state index is 0.342. The van der Waals surface area contributed by atoms with Crippen molar-refractivity contribution in [1.29, 1.82) is 0 Å². The molecule has 0 saturated heterocycles. The van der Waals surface area contributed by atoms with E-state index in [1.807, 2.05) is 0 Å². The third-order valence-electron chi connectivity index (χ3n) is 3.20. The van der Waals surface area contributed by atoms with Gasteiger partial charge < -0.3 is 4.90 Å². The Morgan fingerprint density at radius 3 is 2.74 bits per heavy atom. The number of unbranched alkanes of at least 4 members (excludes halogenated alkanes) is 2. The highest BCUT2D eigenvalue weighted by molar-refractivity contribution is 7.18. The van der Waals surface area contributed by atoms with Gasteiger partial charge in [-0.2, -0.15) is 4.98 Å². The molecule has 0 atom stereocenters. The number of rotatable bonds is 6. The Morgan fingerprint density at radius 1 is 1.26 bits per heavy atom. The van der Waals surface area contributed by atoms with Crippen molar-refractivity contribution in [3.05, 3.63) is 16.2 Å². The molecule has 5 heteroatoms. The van der Waals surface area contributed by atoms with Crippen molar-refractivity contribution < 1.29 is 0 Å². The van der Waals surface area contributed by atoms with E-state index in [0.717, 1.165) is 29.0 Å². The summed E-state index contributed by atoms with van der Waals surface area (Å²) in [6.45, 7) is 5.38. The number of anilines is 1. The molecule has 0 aliphatic rings. The lowest BCUT2D eigenvalue weighted by molar-refractivity contribution is 0.702. The molecule has 3 nitrogen and oxygen atoms in total. The maximum absolute atomic E-state index is 6.04. The zero-order valence-corrected chi connectivity index (χ0v) is 13.3. The first-order valence-electron chi connectivity index (χ1n) is 6.82. The zero-order chi connectivity index (χ0) is 13.8. The van der Waals surface area contributed by atoms with E-state index in [9.17, 15) is 0 Å². The van der Waals surface area contributed by atoms with Crippen molar-refractivity contribution in [2.45, 2.75) is 39.5 Å². The van der Waals surface area contributed by atoms with Crippen molar-refractivity contribution in [3.8, 4) is 0 Å². The van der Waals surface area contributed by atoms with Gasteiger partial charge in [0.2, 0.25) is 5.28 Å². The van der Waals surface area contributed by atoms with Crippen LogP contribution in [-0.4, -0.2) is 23.6 Å². The Morgan fingerprint density at radius 2 is 2.05 bits per heavy atom. The Labute approximate surface area is 123 Å². The second-order valence-electron chi connectivity index (χ2n) is 4.73. The number of aromatic nitrogens is 2. The molecule has 0 amide bonds. The number of hydrogen-bond donors (Lipinski definition) is 0. The average Bonchev–Trinajstić information content (AvgIpc) is 2.80. The van der Waals surface area contributed by atoms with E-state index in [2.05, 4.69) is 41.8 Å². The predicted octanol–water partition coefficient (Wildman–Crippen LogP) is 4.53. The fourth-order valence-corrected chi connectivity index (χ4v) is 3.28. The van der Waals surface area contributed by atoms with E-state index in [1.54, 1.807) is 11.3 Å². The molecule has 2 aromatic heterocycles. The van der Waals surface area contributed by atoms with Gasteiger partial charge in [0.25, 0.3) is 0 Å². The molecule has 104 valence electrons. The molecule has 0 aliphatic carbocycles. The number of hydrogen-bond acceptors (Lipinski definition) is 4. The van der Waals surface area contributed by atoms with Crippen LogP contribution in [0.5, 0.6) is 0 Å². The quantitative estimate of drug-likeness (QED) is 0.579. The monoisotopic (exact) mass is 297 g/mol. The third-order valence-corrected chi connectivity index (χ3v) is 4.55. The highest BCUT2D eigenvalue weighted by Gasteiger charge is 2.13. The van der Waals surface area contributed by atoms with Gasteiger partial charge in [0.1, 0.15) is 10.6 Å². The first-order chi connectivity index (χ1) is 9.15. The lowest BCUT2D eigenvalue weighted by atomic mass is 10.2. The molecule has 0 unspecified atom stereocenters. The van der Waals surface area contributed by atoms with Gasteiger partial charge >= 0.3 is 0 Å². The molecular formula is C14H20ClN3S. The number of thiophene rings is 1. The summed E-state index contributed by atoms with van der Waals surface area (Å²) in [5, 5.41) is 1.47. The molecule has 0 spiro atoms. The largest absolute Gasteiger partial charge is 0.359 e. The summed E-state index contributed by atoms with van der Waals surface area (Å²) in [4.78, 5) is 13.3. The molecule has 0 saturated carbocycles. The van der Waals surface area contributed by atoms with Gasteiger partial charge in [-0.05, 0) is 30.5 Å². The summed E-state index contributed by atoms with van der Waals surface area (Å²) in [5.74, 6) is 0.960. The third kappa shape index (κ3) is 3.37. The number of nitrogens with zero attached hydrogens (tertiary/aromatic N) is 3. The summed E-state index contributed by atoms with van der Waals surface area (Å²) in [6, 6.07) is 2.20. The summed E-state index contributed by atoms with van der Waals surface area (Å²) in [6.07, 6.45) is 4.68. The molecule has 0 fully saturated rings. The van der Waals surface area contributed by atoms with Crippen LogP contribution in [-0.2, 0) is 6.42 Å². The van der Waals surface area contributed by atoms with Crippen LogP contribution >= 0.6 is 22.9 Å². The van der Waals surface area contributed by atoms with Gasteiger partial charge in [-0.15, -0.1) is 11.3 Å². The van der Waals surface area contributed by atoms with E-state index in [0.29, 0.717) is 5.28 Å². The zero-order valence-electron chi connectivity index (χ0n) is 11.7.